The van der Waals surface area contributed by atoms with E-state index in [9.17, 15) is 4.79 Å². The summed E-state index contributed by atoms with van der Waals surface area (Å²) in [5, 5.41) is 3.74. The van der Waals surface area contributed by atoms with E-state index in [1.165, 1.54) is 44.9 Å². The third-order valence-electron chi connectivity index (χ3n) is 4.97. The van der Waals surface area contributed by atoms with Crippen LogP contribution >= 0.6 is 0 Å². The molecule has 0 aromatic heterocycles. The summed E-state index contributed by atoms with van der Waals surface area (Å²) in [5.74, 6) is 0.565. The number of nitrogens with one attached hydrogen (secondary N) is 1. The van der Waals surface area contributed by atoms with Gasteiger partial charge in [0.25, 0.3) is 0 Å². The van der Waals surface area contributed by atoms with Gasteiger partial charge in [0.1, 0.15) is 5.60 Å². The number of carbonyl (C=O) groups is 1. The van der Waals surface area contributed by atoms with Crippen molar-refractivity contribution in [3.05, 3.63) is 0 Å². The van der Waals surface area contributed by atoms with Crippen LogP contribution in [-0.2, 0) is 4.74 Å². The van der Waals surface area contributed by atoms with Crippen LogP contribution < -0.4 is 5.32 Å². The van der Waals surface area contributed by atoms with Gasteiger partial charge in [-0.3, -0.25) is 0 Å². The molecular weight excluding hydrogens is 312 g/mol. The standard InChI is InChI=1S/C21H42N2O2/c1-6-8-9-10-11-12-13-19(22-15-7-2)18-14-16-23(17-18)20(24)25-21(3,4)5/h18-19,22H,6-17H2,1-5H3. The average Bonchev–Trinajstić information content (AvgIpc) is 3.02. The summed E-state index contributed by atoms with van der Waals surface area (Å²) in [7, 11) is 0. The lowest BCUT2D eigenvalue weighted by molar-refractivity contribution is 0.0285. The molecule has 1 saturated heterocycles. The largest absolute Gasteiger partial charge is 0.444 e. The molecule has 0 aromatic rings. The Morgan fingerprint density at radius 1 is 1.12 bits per heavy atom. The Kier molecular flexibility index (Phi) is 10.5. The van der Waals surface area contributed by atoms with Gasteiger partial charge >= 0.3 is 6.09 Å². The second-order valence-electron chi connectivity index (χ2n) is 8.59. The molecule has 0 aromatic carbocycles. The molecule has 1 fully saturated rings. The van der Waals surface area contributed by atoms with Gasteiger partial charge in [-0.2, -0.15) is 0 Å². The SMILES string of the molecule is CCCCCCCCC(NCCC)C1CCN(C(=O)OC(C)(C)C)C1. The van der Waals surface area contributed by atoms with E-state index in [0.29, 0.717) is 12.0 Å². The first-order chi connectivity index (χ1) is 11.9. The zero-order valence-corrected chi connectivity index (χ0v) is 17.4. The smallest absolute Gasteiger partial charge is 0.410 e. The molecule has 1 heterocycles. The maximum absolute atomic E-state index is 12.3. The van der Waals surface area contributed by atoms with Gasteiger partial charge in [-0.1, -0.05) is 52.4 Å². The van der Waals surface area contributed by atoms with Crippen molar-refractivity contribution in [2.75, 3.05) is 19.6 Å². The van der Waals surface area contributed by atoms with Crippen LogP contribution in [0.1, 0.15) is 92.4 Å². The molecule has 0 aliphatic carbocycles. The Labute approximate surface area is 156 Å². The topological polar surface area (TPSA) is 41.6 Å². The molecule has 0 spiro atoms. The first-order valence-electron chi connectivity index (χ1n) is 10.6. The minimum atomic E-state index is -0.409. The van der Waals surface area contributed by atoms with Gasteiger partial charge in [0.2, 0.25) is 0 Å². The summed E-state index contributed by atoms with van der Waals surface area (Å²) in [6, 6.07) is 0.540. The van der Waals surface area contributed by atoms with Gasteiger partial charge in [-0.25, -0.2) is 4.79 Å². The number of hydrogen-bond donors (Lipinski definition) is 1. The Morgan fingerprint density at radius 3 is 2.44 bits per heavy atom. The van der Waals surface area contributed by atoms with Crippen molar-refractivity contribution >= 4 is 6.09 Å². The monoisotopic (exact) mass is 354 g/mol. The molecule has 25 heavy (non-hydrogen) atoms. The van der Waals surface area contributed by atoms with Crippen LogP contribution in [0.25, 0.3) is 0 Å². The first-order valence-corrected chi connectivity index (χ1v) is 10.6. The molecule has 0 bridgehead atoms. The fraction of sp³-hybridized carbons (Fsp3) is 0.952. The predicted molar refractivity (Wildman–Crippen MR) is 106 cm³/mol. The van der Waals surface area contributed by atoms with Gasteiger partial charge in [0.15, 0.2) is 0 Å². The number of likely N-dealkylation sites (tertiary alicyclic amines) is 1. The molecule has 1 aliphatic rings. The van der Waals surface area contributed by atoms with Crippen LogP contribution in [0.15, 0.2) is 0 Å². The quantitative estimate of drug-likeness (QED) is 0.508. The number of amides is 1. The normalized spacial score (nSPS) is 19.2. The second kappa shape index (κ2) is 11.8. The minimum absolute atomic E-state index is 0.149. The van der Waals surface area contributed by atoms with E-state index in [1.54, 1.807) is 0 Å². The van der Waals surface area contributed by atoms with Crippen molar-refractivity contribution in [1.82, 2.24) is 10.2 Å². The highest BCUT2D eigenvalue weighted by molar-refractivity contribution is 5.68. The summed E-state index contributed by atoms with van der Waals surface area (Å²) in [6.07, 6.45) is 11.4. The van der Waals surface area contributed by atoms with Gasteiger partial charge in [0.05, 0.1) is 0 Å². The average molecular weight is 355 g/mol. The molecule has 1 rings (SSSR count). The van der Waals surface area contributed by atoms with E-state index < -0.39 is 5.60 Å². The van der Waals surface area contributed by atoms with Crippen molar-refractivity contribution in [2.45, 2.75) is 104 Å². The Hall–Kier alpha value is -0.770. The van der Waals surface area contributed by atoms with Crippen molar-refractivity contribution < 1.29 is 9.53 Å². The highest BCUT2D eigenvalue weighted by Gasteiger charge is 2.33. The van der Waals surface area contributed by atoms with E-state index in [4.69, 9.17) is 4.74 Å². The van der Waals surface area contributed by atoms with Crippen molar-refractivity contribution in [1.29, 1.82) is 0 Å². The van der Waals surface area contributed by atoms with Gasteiger partial charge in [-0.15, -0.1) is 0 Å². The predicted octanol–water partition coefficient (Wildman–Crippen LogP) is 5.36. The minimum Gasteiger partial charge on any atom is -0.444 e. The lowest BCUT2D eigenvalue weighted by atomic mass is 9.93. The zero-order valence-electron chi connectivity index (χ0n) is 17.4. The molecule has 1 aliphatic heterocycles. The van der Waals surface area contributed by atoms with Gasteiger partial charge in [0, 0.05) is 19.1 Å². The lowest BCUT2D eigenvalue weighted by Crippen LogP contribution is -2.40. The van der Waals surface area contributed by atoms with Crippen LogP contribution in [0.3, 0.4) is 0 Å². The van der Waals surface area contributed by atoms with E-state index in [-0.39, 0.29) is 6.09 Å². The molecule has 4 nitrogen and oxygen atoms in total. The number of ether oxygens (including phenoxy) is 1. The van der Waals surface area contributed by atoms with Crippen LogP contribution in [0.2, 0.25) is 0 Å². The third kappa shape index (κ3) is 9.48. The van der Waals surface area contributed by atoms with Crippen LogP contribution in [0, 0.1) is 5.92 Å². The molecule has 0 saturated carbocycles. The summed E-state index contributed by atoms with van der Waals surface area (Å²) in [4.78, 5) is 14.2. The molecule has 2 unspecified atom stereocenters. The molecule has 148 valence electrons. The second-order valence-corrected chi connectivity index (χ2v) is 8.59. The highest BCUT2D eigenvalue weighted by atomic mass is 16.6. The van der Waals surface area contributed by atoms with Crippen molar-refractivity contribution in [3.63, 3.8) is 0 Å². The number of rotatable bonds is 11. The summed E-state index contributed by atoms with van der Waals surface area (Å²) >= 11 is 0. The molecule has 4 heteroatoms. The summed E-state index contributed by atoms with van der Waals surface area (Å²) < 4.78 is 5.53. The number of nitrogens with zero attached hydrogens (tertiary/aromatic N) is 1. The zero-order chi connectivity index (χ0) is 18.7. The fourth-order valence-corrected chi connectivity index (χ4v) is 3.59. The highest BCUT2D eigenvalue weighted by Crippen LogP contribution is 2.25. The number of hydrogen-bond acceptors (Lipinski definition) is 3. The molecular formula is C21H42N2O2. The lowest BCUT2D eigenvalue weighted by Gasteiger charge is -2.27. The van der Waals surface area contributed by atoms with Crippen LogP contribution in [0.5, 0.6) is 0 Å². The molecule has 1 N–H and O–H groups in total. The Bertz CT molecular complexity index is 365. The molecule has 0 radical (unpaired) electrons. The Balaban J connectivity index is 2.41. The van der Waals surface area contributed by atoms with E-state index in [1.807, 2.05) is 25.7 Å². The van der Waals surface area contributed by atoms with Crippen molar-refractivity contribution in [3.8, 4) is 0 Å². The van der Waals surface area contributed by atoms with Gasteiger partial charge < -0.3 is 15.0 Å². The van der Waals surface area contributed by atoms with Gasteiger partial charge in [-0.05, 0) is 52.5 Å². The van der Waals surface area contributed by atoms with Crippen LogP contribution in [0.4, 0.5) is 4.79 Å². The first kappa shape index (κ1) is 22.3. The molecule has 2 atom stereocenters. The summed E-state index contributed by atoms with van der Waals surface area (Å²) in [5.41, 5.74) is -0.409. The fourth-order valence-electron chi connectivity index (χ4n) is 3.59. The van der Waals surface area contributed by atoms with E-state index >= 15 is 0 Å². The number of unbranched alkanes of at least 4 members (excludes halogenated alkanes) is 5. The molecule has 1 amide bonds. The summed E-state index contributed by atoms with van der Waals surface area (Å²) in [6.45, 7) is 13.0. The third-order valence-corrected chi connectivity index (χ3v) is 4.97. The van der Waals surface area contributed by atoms with Crippen LogP contribution in [-0.4, -0.2) is 42.3 Å². The van der Waals surface area contributed by atoms with E-state index in [2.05, 4.69) is 19.2 Å². The van der Waals surface area contributed by atoms with E-state index in [0.717, 1.165) is 32.5 Å². The van der Waals surface area contributed by atoms with Crippen molar-refractivity contribution in [2.24, 2.45) is 5.92 Å². The Morgan fingerprint density at radius 2 is 1.80 bits per heavy atom. The maximum Gasteiger partial charge on any atom is 0.410 e. The number of carbonyl (C=O) groups excluding carboxylic acids is 1. The maximum atomic E-state index is 12.3.